The van der Waals surface area contributed by atoms with E-state index in [1.807, 2.05) is 0 Å². The molecule has 0 unspecified atom stereocenters. The lowest BCUT2D eigenvalue weighted by molar-refractivity contribution is -0.137. The van der Waals surface area contributed by atoms with Crippen molar-refractivity contribution >= 4 is 5.91 Å². The first-order chi connectivity index (χ1) is 12.8. The topological polar surface area (TPSA) is 23.6 Å². The predicted octanol–water partition coefficient (Wildman–Crippen LogP) is 4.11. The second kappa shape index (κ2) is 8.05. The van der Waals surface area contributed by atoms with E-state index >= 15 is 0 Å². The fraction of sp³-hybridized carbons (Fsp3) is 0.435. The fourth-order valence-electron chi connectivity index (χ4n) is 4.52. The second-order valence-electron chi connectivity index (χ2n) is 7.57. The summed E-state index contributed by atoms with van der Waals surface area (Å²) in [5, 5.41) is 0. The molecule has 0 atom stereocenters. The summed E-state index contributed by atoms with van der Waals surface area (Å²) in [4.78, 5) is 17.4. The minimum atomic E-state index is 0.265. The first-order valence-corrected chi connectivity index (χ1v) is 9.95. The number of hydrogen-bond acceptors (Lipinski definition) is 2. The molecule has 3 heteroatoms. The van der Waals surface area contributed by atoms with E-state index in [-0.39, 0.29) is 6.04 Å². The number of carbonyl (C=O) groups is 1. The maximum atomic E-state index is 12.7. The van der Waals surface area contributed by atoms with Crippen molar-refractivity contribution in [3.8, 4) is 0 Å². The van der Waals surface area contributed by atoms with Crippen LogP contribution in [0.3, 0.4) is 0 Å². The molecule has 26 heavy (non-hydrogen) atoms. The third-order valence-electron chi connectivity index (χ3n) is 5.93. The van der Waals surface area contributed by atoms with Crippen molar-refractivity contribution < 1.29 is 4.79 Å². The van der Waals surface area contributed by atoms with Crippen LogP contribution in [0.2, 0.25) is 0 Å². The van der Waals surface area contributed by atoms with Gasteiger partial charge in [0.05, 0.1) is 6.04 Å². The van der Waals surface area contributed by atoms with Crippen molar-refractivity contribution in [2.24, 2.45) is 5.92 Å². The van der Waals surface area contributed by atoms with Gasteiger partial charge in [0, 0.05) is 32.1 Å². The van der Waals surface area contributed by atoms with Crippen molar-refractivity contribution in [2.45, 2.75) is 31.7 Å². The predicted molar refractivity (Wildman–Crippen MR) is 105 cm³/mol. The molecule has 0 radical (unpaired) electrons. The smallest absolute Gasteiger partial charge is 0.225 e. The number of carbonyl (C=O) groups excluding carboxylic acids is 1. The highest BCUT2D eigenvalue weighted by molar-refractivity contribution is 5.79. The highest BCUT2D eigenvalue weighted by Crippen LogP contribution is 2.31. The Balaban J connectivity index is 1.49. The maximum Gasteiger partial charge on any atom is 0.225 e. The summed E-state index contributed by atoms with van der Waals surface area (Å²) in [5.41, 5.74) is 2.66. The summed E-state index contributed by atoms with van der Waals surface area (Å²) in [6.07, 6.45) is 4.63. The molecular formula is C23H28N2O. The first-order valence-electron chi connectivity index (χ1n) is 9.95. The van der Waals surface area contributed by atoms with Gasteiger partial charge in [-0.15, -0.1) is 0 Å². The lowest BCUT2D eigenvalue weighted by Crippen LogP contribution is -2.51. The van der Waals surface area contributed by atoms with Crippen LogP contribution in [0.4, 0.5) is 0 Å². The van der Waals surface area contributed by atoms with Crippen molar-refractivity contribution in [1.29, 1.82) is 0 Å². The van der Waals surface area contributed by atoms with Crippen LogP contribution in [0.15, 0.2) is 60.7 Å². The molecule has 0 N–H and O–H groups in total. The minimum Gasteiger partial charge on any atom is -0.340 e. The molecule has 1 aliphatic heterocycles. The van der Waals surface area contributed by atoms with Crippen LogP contribution >= 0.6 is 0 Å². The number of nitrogens with zero attached hydrogens (tertiary/aromatic N) is 2. The molecule has 0 bridgehead atoms. The van der Waals surface area contributed by atoms with E-state index in [1.165, 1.54) is 24.0 Å². The highest BCUT2D eigenvalue weighted by atomic mass is 16.2. The van der Waals surface area contributed by atoms with Crippen LogP contribution in [0.25, 0.3) is 0 Å². The van der Waals surface area contributed by atoms with E-state index in [9.17, 15) is 4.79 Å². The van der Waals surface area contributed by atoms with Gasteiger partial charge in [-0.3, -0.25) is 9.69 Å². The lowest BCUT2D eigenvalue weighted by Gasteiger charge is -2.40. The summed E-state index contributed by atoms with van der Waals surface area (Å²) in [6, 6.07) is 21.7. The van der Waals surface area contributed by atoms with Gasteiger partial charge in [0.25, 0.3) is 0 Å². The first kappa shape index (κ1) is 17.3. The van der Waals surface area contributed by atoms with Crippen LogP contribution in [-0.2, 0) is 4.79 Å². The third-order valence-corrected chi connectivity index (χ3v) is 5.93. The molecule has 3 nitrogen and oxygen atoms in total. The van der Waals surface area contributed by atoms with Gasteiger partial charge in [-0.1, -0.05) is 73.5 Å². The average molecular weight is 348 g/mol. The van der Waals surface area contributed by atoms with Crippen LogP contribution in [-0.4, -0.2) is 41.9 Å². The summed E-state index contributed by atoms with van der Waals surface area (Å²) < 4.78 is 0. The van der Waals surface area contributed by atoms with Crippen molar-refractivity contribution in [2.75, 3.05) is 26.2 Å². The van der Waals surface area contributed by atoms with Crippen LogP contribution in [0, 0.1) is 5.92 Å². The number of benzene rings is 2. The molecule has 2 aromatic rings. The lowest BCUT2D eigenvalue weighted by atomic mass is 9.96. The zero-order valence-electron chi connectivity index (χ0n) is 15.4. The number of piperazine rings is 1. The van der Waals surface area contributed by atoms with Gasteiger partial charge in [-0.2, -0.15) is 0 Å². The Hall–Kier alpha value is -2.13. The Kier molecular flexibility index (Phi) is 5.35. The zero-order chi connectivity index (χ0) is 17.8. The van der Waals surface area contributed by atoms with E-state index in [0.29, 0.717) is 11.8 Å². The van der Waals surface area contributed by atoms with Gasteiger partial charge in [-0.25, -0.2) is 0 Å². The van der Waals surface area contributed by atoms with Gasteiger partial charge in [0.1, 0.15) is 0 Å². The molecule has 0 spiro atoms. The van der Waals surface area contributed by atoms with Gasteiger partial charge < -0.3 is 4.90 Å². The van der Waals surface area contributed by atoms with Gasteiger partial charge in [-0.05, 0) is 24.0 Å². The molecule has 2 aliphatic rings. The van der Waals surface area contributed by atoms with E-state index in [4.69, 9.17) is 0 Å². The zero-order valence-corrected chi connectivity index (χ0v) is 15.4. The summed E-state index contributed by atoms with van der Waals surface area (Å²) in [7, 11) is 0. The molecule has 1 aliphatic carbocycles. The second-order valence-corrected chi connectivity index (χ2v) is 7.57. The monoisotopic (exact) mass is 348 g/mol. The SMILES string of the molecule is O=C(C1CCCC1)N1CCN(C(c2ccccc2)c2ccccc2)CC1. The molecule has 2 aromatic carbocycles. The normalized spacial score (nSPS) is 19.2. The summed E-state index contributed by atoms with van der Waals surface area (Å²) in [6.45, 7) is 3.58. The number of rotatable bonds is 4. The molecule has 136 valence electrons. The van der Waals surface area contributed by atoms with Crippen molar-refractivity contribution in [3.63, 3.8) is 0 Å². The molecule has 1 saturated carbocycles. The largest absolute Gasteiger partial charge is 0.340 e. The number of amides is 1. The standard InChI is InChI=1S/C23H28N2O/c26-23(21-13-7-8-14-21)25-17-15-24(16-18-25)22(19-9-3-1-4-10-19)20-11-5-2-6-12-20/h1-6,9-12,21-22H,7-8,13-18H2. The molecule has 1 heterocycles. The third kappa shape index (κ3) is 3.68. The molecular weight excluding hydrogens is 320 g/mol. The quantitative estimate of drug-likeness (QED) is 0.830. The minimum absolute atomic E-state index is 0.265. The highest BCUT2D eigenvalue weighted by Gasteiger charge is 2.32. The molecule has 2 fully saturated rings. The van der Waals surface area contributed by atoms with Gasteiger partial charge >= 0.3 is 0 Å². The van der Waals surface area contributed by atoms with Crippen LogP contribution in [0.1, 0.15) is 42.9 Å². The van der Waals surface area contributed by atoms with E-state index in [1.54, 1.807) is 0 Å². The Bertz CT molecular complexity index is 662. The fourth-order valence-corrected chi connectivity index (χ4v) is 4.52. The average Bonchev–Trinajstić information content (AvgIpc) is 3.25. The Morgan fingerprint density at radius 1 is 0.769 bits per heavy atom. The van der Waals surface area contributed by atoms with E-state index in [2.05, 4.69) is 70.5 Å². The van der Waals surface area contributed by atoms with E-state index < -0.39 is 0 Å². The van der Waals surface area contributed by atoms with Gasteiger partial charge in [0.2, 0.25) is 5.91 Å². The Morgan fingerprint density at radius 2 is 1.27 bits per heavy atom. The van der Waals surface area contributed by atoms with E-state index in [0.717, 1.165) is 39.0 Å². The van der Waals surface area contributed by atoms with Crippen molar-refractivity contribution in [1.82, 2.24) is 9.80 Å². The summed E-state index contributed by atoms with van der Waals surface area (Å²) >= 11 is 0. The Labute approximate surface area is 156 Å². The molecule has 1 amide bonds. The molecule has 4 rings (SSSR count). The van der Waals surface area contributed by atoms with Crippen LogP contribution < -0.4 is 0 Å². The number of hydrogen-bond donors (Lipinski definition) is 0. The molecule has 1 saturated heterocycles. The Morgan fingerprint density at radius 3 is 1.77 bits per heavy atom. The van der Waals surface area contributed by atoms with Crippen LogP contribution in [0.5, 0.6) is 0 Å². The van der Waals surface area contributed by atoms with Gasteiger partial charge in [0.15, 0.2) is 0 Å². The summed E-state index contributed by atoms with van der Waals surface area (Å²) in [5.74, 6) is 0.693. The maximum absolute atomic E-state index is 12.7. The van der Waals surface area contributed by atoms with Crippen molar-refractivity contribution in [3.05, 3.63) is 71.8 Å². The molecule has 0 aromatic heterocycles.